The molecular weight excluding hydrogens is 268 g/mol. The quantitative estimate of drug-likeness (QED) is 0.866. The Labute approximate surface area is 91.9 Å². The Hall–Kier alpha value is -1.48. The molecule has 2 rings (SSSR count). The van der Waals surface area contributed by atoms with E-state index in [2.05, 4.69) is 25.9 Å². The topological polar surface area (TPSA) is 52.5 Å². The molecule has 0 saturated carbocycles. The molecule has 0 fully saturated rings. The van der Waals surface area contributed by atoms with E-state index in [4.69, 9.17) is 5.26 Å². The molecule has 1 heterocycles. The van der Waals surface area contributed by atoms with Crippen LogP contribution in [0.3, 0.4) is 0 Å². The third kappa shape index (κ3) is 1.70. The van der Waals surface area contributed by atoms with Crippen molar-refractivity contribution in [3.8, 4) is 6.07 Å². The largest absolute Gasteiger partial charge is 0.332 e. The van der Waals surface area contributed by atoms with Gasteiger partial charge >= 0.3 is 0 Å². The minimum atomic E-state index is -2.66. The third-order valence-electron chi connectivity index (χ3n) is 1.98. The Morgan fingerprint density at radius 2 is 2.20 bits per heavy atom. The SMILES string of the molecule is N#Cc1cc2nc(Br)[nH]c2cc1C(F)F. The molecule has 0 bridgehead atoms. The molecule has 1 aromatic heterocycles. The van der Waals surface area contributed by atoms with Gasteiger partial charge in [-0.3, -0.25) is 0 Å². The van der Waals surface area contributed by atoms with E-state index in [1.54, 1.807) is 6.07 Å². The summed E-state index contributed by atoms with van der Waals surface area (Å²) in [6.07, 6.45) is -2.66. The van der Waals surface area contributed by atoms with Gasteiger partial charge in [0.1, 0.15) is 0 Å². The number of imidazole rings is 1. The first-order valence-corrected chi connectivity index (χ1v) is 4.78. The Morgan fingerprint density at radius 3 is 2.80 bits per heavy atom. The second-order valence-electron chi connectivity index (χ2n) is 2.90. The number of hydrogen-bond acceptors (Lipinski definition) is 2. The Kier molecular flexibility index (Phi) is 2.40. The van der Waals surface area contributed by atoms with Gasteiger partial charge in [-0.05, 0) is 28.1 Å². The summed E-state index contributed by atoms with van der Waals surface area (Å²) in [5.41, 5.74) is 0.650. The van der Waals surface area contributed by atoms with Crippen LogP contribution in [-0.2, 0) is 0 Å². The van der Waals surface area contributed by atoms with Crippen LogP contribution in [0.1, 0.15) is 17.6 Å². The number of hydrogen-bond donors (Lipinski definition) is 1. The normalized spacial score (nSPS) is 10.9. The summed E-state index contributed by atoms with van der Waals surface area (Å²) in [5.74, 6) is 0. The second-order valence-corrected chi connectivity index (χ2v) is 3.65. The van der Waals surface area contributed by atoms with E-state index in [0.29, 0.717) is 15.8 Å². The Bertz CT molecular complexity index is 556. The van der Waals surface area contributed by atoms with Crippen molar-refractivity contribution in [3.05, 3.63) is 28.0 Å². The standard InChI is InChI=1S/C9H4BrF2N3/c10-9-14-6-1-4(3-13)5(8(11)12)2-7(6)15-9/h1-2,8H,(H,14,15). The second kappa shape index (κ2) is 3.59. The number of rotatable bonds is 1. The van der Waals surface area contributed by atoms with E-state index in [1.807, 2.05) is 0 Å². The molecule has 15 heavy (non-hydrogen) atoms. The van der Waals surface area contributed by atoms with Crippen molar-refractivity contribution in [1.82, 2.24) is 9.97 Å². The van der Waals surface area contributed by atoms with E-state index < -0.39 is 6.43 Å². The van der Waals surface area contributed by atoms with Gasteiger partial charge in [-0.25, -0.2) is 13.8 Å². The van der Waals surface area contributed by atoms with Gasteiger partial charge in [-0.2, -0.15) is 5.26 Å². The molecule has 0 aliphatic heterocycles. The highest BCUT2D eigenvalue weighted by atomic mass is 79.9. The van der Waals surface area contributed by atoms with Gasteiger partial charge in [0.2, 0.25) is 0 Å². The fourth-order valence-corrected chi connectivity index (χ4v) is 1.72. The Morgan fingerprint density at radius 1 is 1.47 bits per heavy atom. The number of alkyl halides is 2. The van der Waals surface area contributed by atoms with Crippen molar-refractivity contribution in [2.45, 2.75) is 6.43 Å². The predicted octanol–water partition coefficient (Wildman–Crippen LogP) is 3.13. The summed E-state index contributed by atoms with van der Waals surface area (Å²) in [6.45, 7) is 0. The van der Waals surface area contributed by atoms with Crippen molar-refractivity contribution in [3.63, 3.8) is 0 Å². The zero-order chi connectivity index (χ0) is 11.0. The molecule has 3 nitrogen and oxygen atoms in total. The molecule has 76 valence electrons. The molecular formula is C9H4BrF2N3. The van der Waals surface area contributed by atoms with E-state index >= 15 is 0 Å². The van der Waals surface area contributed by atoms with Crippen LogP contribution in [0.4, 0.5) is 8.78 Å². The lowest BCUT2D eigenvalue weighted by atomic mass is 10.1. The molecule has 1 aromatic carbocycles. The monoisotopic (exact) mass is 271 g/mol. The van der Waals surface area contributed by atoms with Gasteiger partial charge in [0.15, 0.2) is 4.73 Å². The number of H-pyrrole nitrogens is 1. The number of nitriles is 1. The maximum atomic E-state index is 12.6. The Balaban J connectivity index is 2.75. The van der Waals surface area contributed by atoms with E-state index in [0.717, 1.165) is 0 Å². The van der Waals surface area contributed by atoms with E-state index in [-0.39, 0.29) is 11.1 Å². The van der Waals surface area contributed by atoms with Crippen LogP contribution in [0.25, 0.3) is 11.0 Å². The molecule has 2 aromatic rings. The minimum absolute atomic E-state index is 0.0449. The van der Waals surface area contributed by atoms with E-state index in [1.165, 1.54) is 12.1 Å². The van der Waals surface area contributed by atoms with Crippen LogP contribution in [0.5, 0.6) is 0 Å². The predicted molar refractivity (Wildman–Crippen MR) is 53.5 cm³/mol. The zero-order valence-corrected chi connectivity index (χ0v) is 8.85. The average Bonchev–Trinajstić information content (AvgIpc) is 2.54. The van der Waals surface area contributed by atoms with Gasteiger partial charge < -0.3 is 4.98 Å². The molecule has 0 aliphatic rings. The fraction of sp³-hybridized carbons (Fsp3) is 0.111. The zero-order valence-electron chi connectivity index (χ0n) is 7.26. The number of aromatic nitrogens is 2. The fourth-order valence-electron chi connectivity index (χ4n) is 1.32. The average molecular weight is 272 g/mol. The van der Waals surface area contributed by atoms with Crippen LogP contribution in [0, 0.1) is 11.3 Å². The molecule has 0 spiro atoms. The number of nitrogens with zero attached hydrogens (tertiary/aromatic N) is 2. The molecule has 0 saturated heterocycles. The smallest absolute Gasteiger partial charge is 0.265 e. The van der Waals surface area contributed by atoms with Crippen LogP contribution < -0.4 is 0 Å². The molecule has 6 heteroatoms. The summed E-state index contributed by atoms with van der Waals surface area (Å²) in [5, 5.41) is 8.70. The molecule has 0 atom stereocenters. The van der Waals surface area contributed by atoms with Crippen molar-refractivity contribution >= 4 is 27.0 Å². The number of benzene rings is 1. The summed E-state index contributed by atoms with van der Waals surface area (Å²) in [7, 11) is 0. The first-order chi connectivity index (χ1) is 7.11. The van der Waals surface area contributed by atoms with Gasteiger partial charge in [-0.15, -0.1) is 0 Å². The highest BCUT2D eigenvalue weighted by Crippen LogP contribution is 2.27. The molecule has 0 aliphatic carbocycles. The van der Waals surface area contributed by atoms with Gasteiger partial charge in [0.05, 0.1) is 22.7 Å². The molecule has 0 unspecified atom stereocenters. The number of aromatic amines is 1. The minimum Gasteiger partial charge on any atom is -0.332 e. The maximum absolute atomic E-state index is 12.6. The van der Waals surface area contributed by atoms with Gasteiger partial charge in [-0.1, -0.05) is 0 Å². The number of nitrogens with one attached hydrogen (secondary N) is 1. The first-order valence-electron chi connectivity index (χ1n) is 3.99. The molecule has 0 amide bonds. The summed E-state index contributed by atoms with van der Waals surface area (Å²) in [6, 6.07) is 4.32. The van der Waals surface area contributed by atoms with Crippen molar-refractivity contribution in [2.75, 3.05) is 0 Å². The summed E-state index contributed by atoms with van der Waals surface area (Å²) >= 11 is 3.10. The highest BCUT2D eigenvalue weighted by molar-refractivity contribution is 9.10. The lowest BCUT2D eigenvalue weighted by molar-refractivity contribution is 0.151. The maximum Gasteiger partial charge on any atom is 0.265 e. The molecule has 0 radical (unpaired) electrons. The van der Waals surface area contributed by atoms with Crippen molar-refractivity contribution in [1.29, 1.82) is 5.26 Å². The van der Waals surface area contributed by atoms with Crippen molar-refractivity contribution < 1.29 is 8.78 Å². The lowest BCUT2D eigenvalue weighted by Crippen LogP contribution is -1.90. The van der Waals surface area contributed by atoms with Crippen LogP contribution in [0.15, 0.2) is 16.9 Å². The van der Waals surface area contributed by atoms with Gasteiger partial charge in [0, 0.05) is 5.56 Å². The van der Waals surface area contributed by atoms with Gasteiger partial charge in [0.25, 0.3) is 6.43 Å². The van der Waals surface area contributed by atoms with Crippen LogP contribution in [0.2, 0.25) is 0 Å². The lowest BCUT2D eigenvalue weighted by Gasteiger charge is -2.01. The number of halogens is 3. The summed E-state index contributed by atoms with van der Waals surface area (Å²) in [4.78, 5) is 6.76. The molecule has 1 N–H and O–H groups in total. The number of fused-ring (bicyclic) bond motifs is 1. The van der Waals surface area contributed by atoms with Crippen LogP contribution >= 0.6 is 15.9 Å². The van der Waals surface area contributed by atoms with Crippen LogP contribution in [-0.4, -0.2) is 9.97 Å². The third-order valence-corrected chi connectivity index (χ3v) is 2.36. The van der Waals surface area contributed by atoms with E-state index in [9.17, 15) is 8.78 Å². The van der Waals surface area contributed by atoms with Crippen molar-refractivity contribution in [2.24, 2.45) is 0 Å². The highest BCUT2D eigenvalue weighted by Gasteiger charge is 2.15. The first kappa shape index (κ1) is 10.1. The summed E-state index contributed by atoms with van der Waals surface area (Å²) < 4.78 is 25.6.